The van der Waals surface area contributed by atoms with Crippen LogP contribution in [0.3, 0.4) is 0 Å². The fourth-order valence-corrected chi connectivity index (χ4v) is 1.62. The molecule has 2 N–H and O–H groups in total. The van der Waals surface area contributed by atoms with E-state index in [2.05, 4.69) is 15.2 Å². The number of rotatable bonds is 6. The Morgan fingerprint density at radius 1 is 1.59 bits per heavy atom. The highest BCUT2D eigenvalue weighted by atomic mass is 32.1. The fraction of sp³-hybridized carbons (Fsp3) is 0.700. The van der Waals surface area contributed by atoms with Crippen molar-refractivity contribution in [3.05, 3.63) is 11.4 Å². The van der Waals surface area contributed by atoms with Gasteiger partial charge in [0.25, 0.3) is 0 Å². The predicted molar refractivity (Wildman–Crippen MR) is 69.9 cm³/mol. The smallest absolute Gasteiger partial charge is 0.145 e. The largest absolute Gasteiger partial charge is 0.388 e. The summed E-state index contributed by atoms with van der Waals surface area (Å²) in [4.78, 5) is 2.32. The van der Waals surface area contributed by atoms with Crippen molar-refractivity contribution in [1.82, 2.24) is 19.9 Å². The fourth-order valence-electron chi connectivity index (χ4n) is 1.47. The Hall–Kier alpha value is -1.05. The van der Waals surface area contributed by atoms with Gasteiger partial charge in [-0.1, -0.05) is 17.4 Å². The maximum atomic E-state index is 5.63. The number of likely N-dealkylation sites (N-methyl/N-ethyl adjacent to an activating group) is 1. The normalized spacial score (nSPS) is 13.0. The van der Waals surface area contributed by atoms with Gasteiger partial charge in [-0.2, -0.15) is 0 Å². The molecular formula is C10H19N5OS. The number of methoxy groups -OCH3 is 1. The first-order valence-corrected chi connectivity index (χ1v) is 5.79. The van der Waals surface area contributed by atoms with Gasteiger partial charge in [-0.15, -0.1) is 5.10 Å². The summed E-state index contributed by atoms with van der Waals surface area (Å²) in [6.45, 7) is 3.52. The van der Waals surface area contributed by atoms with E-state index < -0.39 is 0 Å². The Kier molecular flexibility index (Phi) is 4.98. The van der Waals surface area contributed by atoms with E-state index in [9.17, 15) is 0 Å². The highest BCUT2D eigenvalue weighted by Crippen LogP contribution is 2.18. The maximum absolute atomic E-state index is 5.63. The molecule has 7 heteroatoms. The van der Waals surface area contributed by atoms with Gasteiger partial charge in [-0.25, -0.2) is 4.68 Å². The number of hydrogen-bond donors (Lipinski definition) is 1. The molecule has 0 radical (unpaired) electrons. The Morgan fingerprint density at radius 2 is 2.24 bits per heavy atom. The third-order valence-corrected chi connectivity index (χ3v) is 2.70. The number of nitrogens with two attached hydrogens (primary N) is 1. The van der Waals surface area contributed by atoms with Gasteiger partial charge in [0.2, 0.25) is 0 Å². The van der Waals surface area contributed by atoms with Crippen LogP contribution in [0.4, 0.5) is 0 Å². The number of hydrogen-bond acceptors (Lipinski definition) is 5. The molecule has 0 saturated carbocycles. The Balaban J connectivity index is 3.00. The minimum atomic E-state index is -0.135. The summed E-state index contributed by atoms with van der Waals surface area (Å²) in [6.07, 6.45) is -0.135. The van der Waals surface area contributed by atoms with Crippen LogP contribution < -0.4 is 5.73 Å². The average molecular weight is 257 g/mol. The molecule has 0 aromatic carbocycles. The molecule has 0 aliphatic rings. The molecule has 17 heavy (non-hydrogen) atoms. The van der Waals surface area contributed by atoms with Gasteiger partial charge in [-0.05, 0) is 21.0 Å². The number of thiocarbonyl (C=S) groups is 1. The van der Waals surface area contributed by atoms with E-state index in [4.69, 9.17) is 22.7 Å². The number of nitrogens with zero attached hydrogens (tertiary/aromatic N) is 4. The van der Waals surface area contributed by atoms with Crippen LogP contribution in [-0.2, 0) is 11.3 Å². The van der Waals surface area contributed by atoms with E-state index in [0.29, 0.717) is 5.69 Å². The minimum absolute atomic E-state index is 0.135. The summed E-state index contributed by atoms with van der Waals surface area (Å²) in [5.74, 6) is 0. The SMILES string of the molecule is COC(C)c1c(C(N)=S)nnn1CCN(C)C. The second-order valence-electron chi connectivity index (χ2n) is 4.09. The number of aromatic nitrogens is 3. The van der Waals surface area contributed by atoms with Crippen molar-refractivity contribution in [1.29, 1.82) is 0 Å². The van der Waals surface area contributed by atoms with Crippen LogP contribution >= 0.6 is 12.2 Å². The van der Waals surface area contributed by atoms with Gasteiger partial charge in [0.05, 0.1) is 18.3 Å². The highest BCUT2D eigenvalue weighted by Gasteiger charge is 2.20. The first kappa shape index (κ1) is 14.0. The minimum Gasteiger partial charge on any atom is -0.388 e. The molecule has 0 aliphatic carbocycles. The summed E-state index contributed by atoms with van der Waals surface area (Å²) in [6, 6.07) is 0. The van der Waals surface area contributed by atoms with Crippen LogP contribution in [-0.4, -0.2) is 52.6 Å². The monoisotopic (exact) mass is 257 g/mol. The Labute approximate surface area is 107 Å². The quantitative estimate of drug-likeness (QED) is 0.733. The van der Waals surface area contributed by atoms with Crippen molar-refractivity contribution in [3.8, 4) is 0 Å². The van der Waals surface area contributed by atoms with Crippen LogP contribution in [0, 0.1) is 0 Å². The molecule has 1 heterocycles. The van der Waals surface area contributed by atoms with E-state index in [-0.39, 0.29) is 11.1 Å². The lowest BCUT2D eigenvalue weighted by Crippen LogP contribution is -2.22. The summed E-state index contributed by atoms with van der Waals surface area (Å²) >= 11 is 4.96. The van der Waals surface area contributed by atoms with Crippen LogP contribution in [0.15, 0.2) is 0 Å². The Morgan fingerprint density at radius 3 is 2.71 bits per heavy atom. The molecular weight excluding hydrogens is 238 g/mol. The molecule has 1 rings (SSSR count). The lowest BCUT2D eigenvalue weighted by Gasteiger charge is -2.15. The van der Waals surface area contributed by atoms with E-state index in [0.717, 1.165) is 18.8 Å². The highest BCUT2D eigenvalue weighted by molar-refractivity contribution is 7.80. The van der Waals surface area contributed by atoms with Crippen molar-refractivity contribution in [2.24, 2.45) is 5.73 Å². The molecule has 96 valence electrons. The second-order valence-corrected chi connectivity index (χ2v) is 4.53. The predicted octanol–water partition coefficient (Wildman–Crippen LogP) is 0.181. The van der Waals surface area contributed by atoms with Gasteiger partial charge in [0, 0.05) is 13.7 Å². The summed E-state index contributed by atoms with van der Waals surface area (Å²) < 4.78 is 7.10. The third-order valence-electron chi connectivity index (χ3n) is 2.50. The summed E-state index contributed by atoms with van der Waals surface area (Å²) in [7, 11) is 5.65. The second kappa shape index (κ2) is 6.04. The van der Waals surface area contributed by atoms with Crippen molar-refractivity contribution in [3.63, 3.8) is 0 Å². The Bertz CT molecular complexity index is 390. The lowest BCUT2D eigenvalue weighted by atomic mass is 10.2. The van der Waals surface area contributed by atoms with E-state index in [1.807, 2.05) is 21.0 Å². The molecule has 0 saturated heterocycles. The van der Waals surface area contributed by atoms with Crippen molar-refractivity contribution in [2.45, 2.75) is 19.6 Å². The first-order chi connectivity index (χ1) is 7.97. The molecule has 6 nitrogen and oxygen atoms in total. The zero-order valence-corrected chi connectivity index (χ0v) is 11.5. The molecule has 1 aromatic rings. The molecule has 0 amide bonds. The number of ether oxygens (including phenoxy) is 1. The third kappa shape index (κ3) is 3.45. The lowest BCUT2D eigenvalue weighted by molar-refractivity contribution is 0.110. The van der Waals surface area contributed by atoms with Crippen LogP contribution in [0.1, 0.15) is 24.4 Å². The van der Waals surface area contributed by atoms with Gasteiger partial charge in [0.1, 0.15) is 10.7 Å². The van der Waals surface area contributed by atoms with Gasteiger partial charge in [0.15, 0.2) is 0 Å². The molecule has 1 atom stereocenters. The van der Waals surface area contributed by atoms with Gasteiger partial charge < -0.3 is 15.4 Å². The van der Waals surface area contributed by atoms with Crippen molar-refractivity contribution < 1.29 is 4.74 Å². The standard InChI is InChI=1S/C10H19N5OS/c1-7(16-4)9-8(10(11)17)12-13-15(9)6-5-14(2)3/h7H,5-6H2,1-4H3,(H2,11,17). The van der Waals surface area contributed by atoms with Crippen LogP contribution in [0.5, 0.6) is 0 Å². The summed E-state index contributed by atoms with van der Waals surface area (Å²) in [5, 5.41) is 8.08. The molecule has 1 unspecified atom stereocenters. The van der Waals surface area contributed by atoms with E-state index >= 15 is 0 Å². The molecule has 0 fully saturated rings. The van der Waals surface area contributed by atoms with E-state index in [1.165, 1.54) is 0 Å². The zero-order valence-electron chi connectivity index (χ0n) is 10.7. The molecule has 0 aliphatic heterocycles. The van der Waals surface area contributed by atoms with Crippen LogP contribution in [0.2, 0.25) is 0 Å². The molecule has 0 spiro atoms. The first-order valence-electron chi connectivity index (χ1n) is 5.38. The average Bonchev–Trinajstić information content (AvgIpc) is 2.68. The van der Waals surface area contributed by atoms with E-state index in [1.54, 1.807) is 11.8 Å². The summed E-state index contributed by atoms with van der Waals surface area (Å²) in [5.41, 5.74) is 7.01. The molecule has 0 bridgehead atoms. The van der Waals surface area contributed by atoms with Crippen molar-refractivity contribution >= 4 is 17.2 Å². The molecule has 1 aromatic heterocycles. The maximum Gasteiger partial charge on any atom is 0.145 e. The zero-order chi connectivity index (χ0) is 13.0. The van der Waals surface area contributed by atoms with Crippen LogP contribution in [0.25, 0.3) is 0 Å². The van der Waals surface area contributed by atoms with Crippen molar-refractivity contribution in [2.75, 3.05) is 27.7 Å². The van der Waals surface area contributed by atoms with Gasteiger partial charge >= 0.3 is 0 Å². The van der Waals surface area contributed by atoms with Gasteiger partial charge in [-0.3, -0.25) is 0 Å². The topological polar surface area (TPSA) is 69.2 Å².